The van der Waals surface area contributed by atoms with Gasteiger partial charge in [0.05, 0.1) is 0 Å². The Morgan fingerprint density at radius 2 is 1.67 bits per heavy atom. The number of hydrogen-bond acceptors (Lipinski definition) is 3. The van der Waals surface area contributed by atoms with Gasteiger partial charge >= 0.3 is 0 Å². The SMILES string of the molecule is CC1CN(Cc2ccccc2)CC(C)C1N(C)CC1CCNCC1. The van der Waals surface area contributed by atoms with Crippen LogP contribution in [0.1, 0.15) is 32.3 Å². The summed E-state index contributed by atoms with van der Waals surface area (Å²) in [6, 6.07) is 11.7. The van der Waals surface area contributed by atoms with Gasteiger partial charge in [0.15, 0.2) is 0 Å². The summed E-state index contributed by atoms with van der Waals surface area (Å²) >= 11 is 0. The lowest BCUT2D eigenvalue weighted by Gasteiger charge is -2.46. The summed E-state index contributed by atoms with van der Waals surface area (Å²) in [6.45, 7) is 12.1. The Hall–Kier alpha value is -0.900. The number of rotatable bonds is 5. The second-order valence-electron chi connectivity index (χ2n) is 8.26. The number of benzene rings is 1. The van der Waals surface area contributed by atoms with E-state index in [2.05, 4.69) is 66.3 Å². The van der Waals surface area contributed by atoms with Gasteiger partial charge in [-0.25, -0.2) is 0 Å². The van der Waals surface area contributed by atoms with Crippen LogP contribution in [0.5, 0.6) is 0 Å². The minimum absolute atomic E-state index is 0.729. The minimum Gasteiger partial charge on any atom is -0.317 e. The van der Waals surface area contributed by atoms with E-state index in [0.29, 0.717) is 0 Å². The molecule has 2 unspecified atom stereocenters. The maximum Gasteiger partial charge on any atom is 0.0233 e. The highest BCUT2D eigenvalue weighted by molar-refractivity contribution is 5.14. The van der Waals surface area contributed by atoms with Crippen molar-refractivity contribution in [1.29, 1.82) is 0 Å². The van der Waals surface area contributed by atoms with Crippen LogP contribution in [0.4, 0.5) is 0 Å². The van der Waals surface area contributed by atoms with Crippen molar-refractivity contribution in [1.82, 2.24) is 15.1 Å². The van der Waals surface area contributed by atoms with E-state index < -0.39 is 0 Å². The van der Waals surface area contributed by atoms with Crippen LogP contribution in [0.3, 0.4) is 0 Å². The lowest BCUT2D eigenvalue weighted by atomic mass is 9.83. The van der Waals surface area contributed by atoms with Gasteiger partial charge in [0, 0.05) is 32.2 Å². The Kier molecular flexibility index (Phi) is 6.31. The Morgan fingerprint density at radius 1 is 1.04 bits per heavy atom. The standard InChI is InChI=1S/C21H35N3/c1-17-13-24(16-19-7-5-4-6-8-19)14-18(2)21(17)23(3)15-20-9-11-22-12-10-20/h4-8,17-18,20-22H,9-16H2,1-3H3. The molecule has 2 heterocycles. The second-order valence-corrected chi connectivity index (χ2v) is 8.26. The van der Waals surface area contributed by atoms with Gasteiger partial charge in [-0.05, 0) is 56.3 Å². The smallest absolute Gasteiger partial charge is 0.0233 e. The highest BCUT2D eigenvalue weighted by atomic mass is 15.2. The van der Waals surface area contributed by atoms with Crippen LogP contribution in [0, 0.1) is 17.8 Å². The highest BCUT2D eigenvalue weighted by Gasteiger charge is 2.35. The van der Waals surface area contributed by atoms with Crippen molar-refractivity contribution in [2.45, 2.75) is 39.3 Å². The number of nitrogens with one attached hydrogen (secondary N) is 1. The molecule has 3 heteroatoms. The molecule has 2 aliphatic heterocycles. The Balaban J connectivity index is 1.54. The van der Waals surface area contributed by atoms with E-state index in [9.17, 15) is 0 Å². The van der Waals surface area contributed by atoms with Crippen molar-refractivity contribution in [3.8, 4) is 0 Å². The molecule has 0 aromatic heterocycles. The summed E-state index contributed by atoms with van der Waals surface area (Å²) in [7, 11) is 2.37. The van der Waals surface area contributed by atoms with Crippen molar-refractivity contribution < 1.29 is 0 Å². The quantitative estimate of drug-likeness (QED) is 0.896. The molecule has 2 atom stereocenters. The Labute approximate surface area is 148 Å². The molecule has 1 aromatic rings. The van der Waals surface area contributed by atoms with E-state index in [4.69, 9.17) is 0 Å². The molecule has 134 valence electrons. The summed E-state index contributed by atoms with van der Waals surface area (Å²) in [4.78, 5) is 5.34. The first kappa shape index (κ1) is 17.9. The average Bonchev–Trinajstić information content (AvgIpc) is 2.56. The van der Waals surface area contributed by atoms with Crippen molar-refractivity contribution in [3.63, 3.8) is 0 Å². The monoisotopic (exact) mass is 329 g/mol. The molecule has 2 fully saturated rings. The summed E-state index contributed by atoms with van der Waals surface area (Å²) in [5, 5.41) is 3.49. The first-order valence-electron chi connectivity index (χ1n) is 9.80. The Morgan fingerprint density at radius 3 is 2.29 bits per heavy atom. The lowest BCUT2D eigenvalue weighted by Crippen LogP contribution is -2.54. The van der Waals surface area contributed by atoms with Crippen LogP contribution in [-0.4, -0.2) is 55.6 Å². The molecule has 1 N–H and O–H groups in total. The molecule has 0 radical (unpaired) electrons. The molecule has 1 aromatic carbocycles. The van der Waals surface area contributed by atoms with Crippen LogP contribution in [0.2, 0.25) is 0 Å². The molecule has 0 bridgehead atoms. The zero-order valence-electron chi connectivity index (χ0n) is 15.7. The van der Waals surface area contributed by atoms with Gasteiger partial charge in [0.1, 0.15) is 0 Å². The predicted molar refractivity (Wildman–Crippen MR) is 102 cm³/mol. The summed E-state index contributed by atoms with van der Waals surface area (Å²) < 4.78 is 0. The number of piperidine rings is 2. The van der Waals surface area contributed by atoms with E-state index in [0.717, 1.165) is 30.3 Å². The molecule has 0 aliphatic carbocycles. The number of likely N-dealkylation sites (tertiary alicyclic amines) is 1. The molecular formula is C21H35N3. The molecule has 3 nitrogen and oxygen atoms in total. The van der Waals surface area contributed by atoms with Crippen LogP contribution in [-0.2, 0) is 6.54 Å². The van der Waals surface area contributed by atoms with Crippen LogP contribution >= 0.6 is 0 Å². The zero-order valence-corrected chi connectivity index (χ0v) is 15.7. The minimum atomic E-state index is 0.729. The maximum absolute atomic E-state index is 3.49. The molecule has 3 rings (SSSR count). The fourth-order valence-corrected chi connectivity index (χ4v) is 5.10. The third-order valence-corrected chi connectivity index (χ3v) is 6.02. The molecule has 0 spiro atoms. The van der Waals surface area contributed by atoms with Crippen LogP contribution < -0.4 is 5.32 Å². The predicted octanol–water partition coefficient (Wildman–Crippen LogP) is 3.07. The van der Waals surface area contributed by atoms with Crippen molar-refractivity contribution in [3.05, 3.63) is 35.9 Å². The van der Waals surface area contributed by atoms with Gasteiger partial charge in [0.25, 0.3) is 0 Å². The van der Waals surface area contributed by atoms with Gasteiger partial charge in [-0.1, -0.05) is 44.2 Å². The van der Waals surface area contributed by atoms with Gasteiger partial charge in [-0.2, -0.15) is 0 Å². The molecule has 2 saturated heterocycles. The van der Waals surface area contributed by atoms with E-state index in [1.807, 2.05) is 0 Å². The number of hydrogen-bond donors (Lipinski definition) is 1. The molecule has 2 aliphatic rings. The summed E-state index contributed by atoms with van der Waals surface area (Å²) in [5.41, 5.74) is 1.44. The highest BCUT2D eigenvalue weighted by Crippen LogP contribution is 2.28. The van der Waals surface area contributed by atoms with Gasteiger partial charge in [-0.15, -0.1) is 0 Å². The summed E-state index contributed by atoms with van der Waals surface area (Å²) in [5.74, 6) is 2.37. The van der Waals surface area contributed by atoms with Crippen LogP contribution in [0.15, 0.2) is 30.3 Å². The summed E-state index contributed by atoms with van der Waals surface area (Å²) in [6.07, 6.45) is 2.69. The fraction of sp³-hybridized carbons (Fsp3) is 0.714. The van der Waals surface area contributed by atoms with Gasteiger partial charge in [-0.3, -0.25) is 4.90 Å². The third kappa shape index (κ3) is 4.59. The first-order chi connectivity index (χ1) is 11.6. The normalized spacial score (nSPS) is 29.9. The molecule has 0 amide bonds. The zero-order chi connectivity index (χ0) is 16.9. The third-order valence-electron chi connectivity index (χ3n) is 6.02. The Bertz CT molecular complexity index is 471. The molecule has 24 heavy (non-hydrogen) atoms. The maximum atomic E-state index is 3.49. The van der Waals surface area contributed by atoms with E-state index in [1.54, 1.807) is 0 Å². The second kappa shape index (κ2) is 8.46. The largest absolute Gasteiger partial charge is 0.317 e. The average molecular weight is 330 g/mol. The van der Waals surface area contributed by atoms with Crippen LogP contribution in [0.25, 0.3) is 0 Å². The van der Waals surface area contributed by atoms with Gasteiger partial charge in [0.2, 0.25) is 0 Å². The van der Waals surface area contributed by atoms with Crippen molar-refractivity contribution in [2.24, 2.45) is 17.8 Å². The van der Waals surface area contributed by atoms with Crippen molar-refractivity contribution >= 4 is 0 Å². The van der Waals surface area contributed by atoms with E-state index in [1.165, 1.54) is 51.1 Å². The topological polar surface area (TPSA) is 18.5 Å². The molecule has 0 saturated carbocycles. The van der Waals surface area contributed by atoms with E-state index in [-0.39, 0.29) is 0 Å². The lowest BCUT2D eigenvalue weighted by molar-refractivity contribution is 0.0236. The number of nitrogens with zero attached hydrogens (tertiary/aromatic N) is 2. The fourth-order valence-electron chi connectivity index (χ4n) is 5.10. The molecular weight excluding hydrogens is 294 g/mol. The first-order valence-corrected chi connectivity index (χ1v) is 9.80. The van der Waals surface area contributed by atoms with Gasteiger partial charge < -0.3 is 10.2 Å². The van der Waals surface area contributed by atoms with E-state index >= 15 is 0 Å². The van der Waals surface area contributed by atoms with Crippen molar-refractivity contribution in [2.75, 3.05) is 39.8 Å².